The first-order valence-electron chi connectivity index (χ1n) is 8.34. The lowest BCUT2D eigenvalue weighted by Crippen LogP contribution is -2.12. The van der Waals surface area contributed by atoms with Gasteiger partial charge in [-0.05, 0) is 42.8 Å². The highest BCUT2D eigenvalue weighted by Gasteiger charge is 2.11. The molecule has 2 aromatic carbocycles. The van der Waals surface area contributed by atoms with E-state index in [9.17, 15) is 19.7 Å². The van der Waals surface area contributed by atoms with Gasteiger partial charge < -0.3 is 10.1 Å². The van der Waals surface area contributed by atoms with Crippen molar-refractivity contribution in [3.05, 3.63) is 69.8 Å². The molecule has 0 aliphatic carbocycles. The Morgan fingerprint density at radius 3 is 2.19 bits per heavy atom. The normalized spacial score (nSPS) is 10.2. The molecule has 2 rings (SSSR count). The second-order valence-electron chi connectivity index (χ2n) is 5.68. The molecular formula is C19H20N2O5. The van der Waals surface area contributed by atoms with Crippen LogP contribution in [0, 0.1) is 10.1 Å². The summed E-state index contributed by atoms with van der Waals surface area (Å²) >= 11 is 0. The number of carbonyl (C=O) groups is 2. The lowest BCUT2D eigenvalue weighted by atomic mass is 10.1. The Morgan fingerprint density at radius 2 is 1.62 bits per heavy atom. The molecule has 0 aromatic heterocycles. The zero-order valence-electron chi connectivity index (χ0n) is 14.4. The lowest BCUT2D eigenvalue weighted by Gasteiger charge is -2.07. The number of esters is 1. The number of nitrogens with one attached hydrogen (secondary N) is 1. The van der Waals surface area contributed by atoms with Gasteiger partial charge in [0, 0.05) is 23.4 Å². The van der Waals surface area contributed by atoms with Gasteiger partial charge in [0.25, 0.3) is 11.6 Å². The zero-order chi connectivity index (χ0) is 18.9. The molecule has 26 heavy (non-hydrogen) atoms. The summed E-state index contributed by atoms with van der Waals surface area (Å²) in [5, 5.41) is 13.3. The second-order valence-corrected chi connectivity index (χ2v) is 5.68. The topological polar surface area (TPSA) is 98.5 Å². The minimum Gasteiger partial charge on any atom is -0.462 e. The maximum Gasteiger partial charge on any atom is 0.338 e. The fourth-order valence-electron chi connectivity index (χ4n) is 2.23. The number of carbonyl (C=O) groups excluding carboxylic acids is 2. The van der Waals surface area contributed by atoms with E-state index >= 15 is 0 Å². The molecule has 2 aromatic rings. The number of nitro groups is 1. The number of rotatable bonds is 8. The summed E-state index contributed by atoms with van der Waals surface area (Å²) in [7, 11) is 0. The third-order valence-electron chi connectivity index (χ3n) is 3.70. The number of ether oxygens (including phenoxy) is 1. The third kappa shape index (κ3) is 5.41. The highest BCUT2D eigenvalue weighted by molar-refractivity contribution is 6.04. The van der Waals surface area contributed by atoms with Crippen molar-refractivity contribution in [1.29, 1.82) is 0 Å². The molecule has 1 N–H and O–H groups in total. The maximum absolute atomic E-state index is 12.1. The quantitative estimate of drug-likeness (QED) is 0.331. The first-order valence-corrected chi connectivity index (χ1v) is 8.34. The van der Waals surface area contributed by atoms with Gasteiger partial charge in [-0.2, -0.15) is 0 Å². The zero-order valence-corrected chi connectivity index (χ0v) is 14.4. The molecule has 0 spiro atoms. The van der Waals surface area contributed by atoms with Crippen LogP contribution in [0.25, 0.3) is 0 Å². The SMILES string of the molecule is CCCCCOC(=O)c1ccc(NC(=O)c2ccc([N+](=O)[O-])cc2)cc1. The van der Waals surface area contributed by atoms with Crippen molar-refractivity contribution < 1.29 is 19.2 Å². The van der Waals surface area contributed by atoms with Gasteiger partial charge >= 0.3 is 5.97 Å². The first kappa shape index (κ1) is 19.1. The van der Waals surface area contributed by atoms with Crippen LogP contribution in [0.15, 0.2) is 48.5 Å². The minimum absolute atomic E-state index is 0.0802. The van der Waals surface area contributed by atoms with Crippen LogP contribution in [0.5, 0.6) is 0 Å². The van der Waals surface area contributed by atoms with Gasteiger partial charge in [-0.25, -0.2) is 4.79 Å². The summed E-state index contributed by atoms with van der Waals surface area (Å²) in [5.74, 6) is -0.788. The highest BCUT2D eigenvalue weighted by atomic mass is 16.6. The molecule has 1 amide bonds. The maximum atomic E-state index is 12.1. The van der Waals surface area contributed by atoms with Crippen molar-refractivity contribution >= 4 is 23.3 Å². The highest BCUT2D eigenvalue weighted by Crippen LogP contribution is 2.15. The molecule has 0 unspecified atom stereocenters. The number of benzene rings is 2. The molecule has 0 saturated carbocycles. The number of hydrogen-bond donors (Lipinski definition) is 1. The predicted molar refractivity (Wildman–Crippen MR) is 97.3 cm³/mol. The molecule has 7 heteroatoms. The van der Waals surface area contributed by atoms with Gasteiger partial charge in [0.2, 0.25) is 0 Å². The Labute approximate surface area is 151 Å². The smallest absolute Gasteiger partial charge is 0.338 e. The van der Waals surface area contributed by atoms with Gasteiger partial charge in [-0.3, -0.25) is 14.9 Å². The van der Waals surface area contributed by atoms with Gasteiger partial charge in [-0.15, -0.1) is 0 Å². The minimum atomic E-state index is -0.526. The number of hydrogen-bond acceptors (Lipinski definition) is 5. The van der Waals surface area contributed by atoms with E-state index in [4.69, 9.17) is 4.74 Å². The molecule has 0 saturated heterocycles. The van der Waals surface area contributed by atoms with Crippen molar-refractivity contribution in [1.82, 2.24) is 0 Å². The molecule has 0 aliphatic heterocycles. The van der Waals surface area contributed by atoms with E-state index in [2.05, 4.69) is 12.2 Å². The van der Waals surface area contributed by atoms with Crippen LogP contribution in [0.1, 0.15) is 46.9 Å². The van der Waals surface area contributed by atoms with Crippen LogP contribution >= 0.6 is 0 Å². The summed E-state index contributed by atoms with van der Waals surface area (Å²) < 4.78 is 5.17. The number of amides is 1. The summed E-state index contributed by atoms with van der Waals surface area (Å²) in [5.41, 5.74) is 1.14. The second kappa shape index (κ2) is 9.31. The average molecular weight is 356 g/mol. The largest absolute Gasteiger partial charge is 0.462 e. The van der Waals surface area contributed by atoms with E-state index in [-0.39, 0.29) is 5.69 Å². The Hall–Kier alpha value is -3.22. The summed E-state index contributed by atoms with van der Waals surface area (Å²) in [4.78, 5) is 34.1. The fraction of sp³-hybridized carbons (Fsp3) is 0.263. The summed E-state index contributed by atoms with van der Waals surface area (Å²) in [6.07, 6.45) is 2.91. The first-order chi connectivity index (χ1) is 12.5. The van der Waals surface area contributed by atoms with Crippen molar-refractivity contribution in [2.24, 2.45) is 0 Å². The number of unbranched alkanes of at least 4 members (excludes halogenated alkanes) is 2. The van der Waals surface area contributed by atoms with E-state index in [0.29, 0.717) is 23.4 Å². The Balaban J connectivity index is 1.92. The molecule has 0 atom stereocenters. The molecule has 0 aliphatic rings. The molecule has 0 radical (unpaired) electrons. The summed E-state index contributed by atoms with van der Waals surface area (Å²) in [6.45, 7) is 2.47. The van der Waals surface area contributed by atoms with Crippen LogP contribution in [0.2, 0.25) is 0 Å². The fourth-order valence-corrected chi connectivity index (χ4v) is 2.23. The van der Waals surface area contributed by atoms with Crippen LogP contribution in [-0.4, -0.2) is 23.4 Å². The van der Waals surface area contributed by atoms with Gasteiger partial charge in [-0.1, -0.05) is 19.8 Å². The molecule has 0 heterocycles. The van der Waals surface area contributed by atoms with Crippen LogP contribution < -0.4 is 5.32 Å². The Bertz CT molecular complexity index is 770. The average Bonchev–Trinajstić information content (AvgIpc) is 2.65. The van der Waals surface area contributed by atoms with Crippen molar-refractivity contribution in [2.45, 2.75) is 26.2 Å². The number of non-ortho nitro benzene ring substituents is 1. The van der Waals surface area contributed by atoms with Crippen LogP contribution in [-0.2, 0) is 4.74 Å². The number of nitro benzene ring substituents is 1. The van der Waals surface area contributed by atoms with E-state index < -0.39 is 16.8 Å². The Morgan fingerprint density at radius 1 is 1.00 bits per heavy atom. The van der Waals surface area contributed by atoms with Crippen LogP contribution in [0.4, 0.5) is 11.4 Å². The third-order valence-corrected chi connectivity index (χ3v) is 3.70. The Kier molecular flexibility index (Phi) is 6.84. The van der Waals surface area contributed by atoms with Crippen molar-refractivity contribution in [3.63, 3.8) is 0 Å². The summed E-state index contributed by atoms with van der Waals surface area (Å²) in [6, 6.07) is 11.7. The molecule has 7 nitrogen and oxygen atoms in total. The van der Waals surface area contributed by atoms with Gasteiger partial charge in [0.15, 0.2) is 0 Å². The molecule has 0 fully saturated rings. The van der Waals surface area contributed by atoms with E-state index in [1.807, 2.05) is 0 Å². The molecular weight excluding hydrogens is 336 g/mol. The molecule has 136 valence electrons. The van der Waals surface area contributed by atoms with Crippen molar-refractivity contribution in [2.75, 3.05) is 11.9 Å². The van der Waals surface area contributed by atoms with E-state index in [1.54, 1.807) is 24.3 Å². The lowest BCUT2D eigenvalue weighted by molar-refractivity contribution is -0.384. The monoisotopic (exact) mass is 356 g/mol. The van der Waals surface area contributed by atoms with Crippen LogP contribution in [0.3, 0.4) is 0 Å². The van der Waals surface area contributed by atoms with E-state index in [0.717, 1.165) is 19.3 Å². The molecule has 0 bridgehead atoms. The number of nitrogens with zero attached hydrogens (tertiary/aromatic N) is 1. The number of anilines is 1. The van der Waals surface area contributed by atoms with Crippen molar-refractivity contribution in [3.8, 4) is 0 Å². The van der Waals surface area contributed by atoms with Gasteiger partial charge in [0.1, 0.15) is 0 Å². The standard InChI is InChI=1S/C19H20N2O5/c1-2-3-4-13-26-19(23)15-5-9-16(10-6-15)20-18(22)14-7-11-17(12-8-14)21(24)25/h5-12H,2-4,13H2,1H3,(H,20,22). The van der Waals surface area contributed by atoms with E-state index in [1.165, 1.54) is 24.3 Å². The van der Waals surface area contributed by atoms with Gasteiger partial charge in [0.05, 0.1) is 17.1 Å². The predicted octanol–water partition coefficient (Wildman–Crippen LogP) is 4.19.